The average molecular weight is 624 g/mol. The smallest absolute Gasteiger partial charge is 0.262 e. The molecule has 3 amide bonds. The minimum atomic E-state index is -0.784. The van der Waals surface area contributed by atoms with E-state index in [1.54, 1.807) is 18.2 Å². The molecule has 10 nitrogen and oxygen atoms in total. The summed E-state index contributed by atoms with van der Waals surface area (Å²) in [7, 11) is 0. The Hall–Kier alpha value is -3.35. The summed E-state index contributed by atoms with van der Waals surface area (Å²) >= 11 is 2.05. The van der Waals surface area contributed by atoms with E-state index in [2.05, 4.69) is 15.8 Å². The lowest BCUT2D eigenvalue weighted by atomic mass is 10.0. The molecule has 0 saturated carbocycles. The summed E-state index contributed by atoms with van der Waals surface area (Å²) in [5, 5.41) is 6.77. The highest BCUT2D eigenvalue weighted by molar-refractivity contribution is 14.1. The van der Waals surface area contributed by atoms with Gasteiger partial charge in [0, 0.05) is 0 Å². The molecule has 0 saturated heterocycles. The largest absolute Gasteiger partial charge is 0.490 e. The topological polar surface area (TPSA) is 141 Å². The van der Waals surface area contributed by atoms with E-state index in [-0.39, 0.29) is 19.1 Å². The third kappa shape index (κ3) is 10.3. The van der Waals surface area contributed by atoms with Crippen LogP contribution in [-0.2, 0) is 14.4 Å². The third-order valence-corrected chi connectivity index (χ3v) is 5.69. The van der Waals surface area contributed by atoms with Crippen molar-refractivity contribution >= 4 is 46.5 Å². The van der Waals surface area contributed by atoms with Crippen LogP contribution in [0.5, 0.6) is 17.2 Å². The van der Waals surface area contributed by atoms with Crippen molar-refractivity contribution in [3.05, 3.63) is 51.1 Å². The van der Waals surface area contributed by atoms with Gasteiger partial charge in [0.2, 0.25) is 0 Å². The fourth-order valence-corrected chi connectivity index (χ4v) is 4.04. The molecular weight excluding hydrogens is 591 g/mol. The number of nitrogens with zero attached hydrogens (tertiary/aromatic N) is 1. The quantitative estimate of drug-likeness (QED) is 0.168. The van der Waals surface area contributed by atoms with Gasteiger partial charge in [-0.1, -0.05) is 32.0 Å². The second kappa shape index (κ2) is 15.0. The Kier molecular flexibility index (Phi) is 12.1. The lowest BCUT2D eigenvalue weighted by Crippen LogP contribution is -2.47. The van der Waals surface area contributed by atoms with Gasteiger partial charge in [-0.05, 0) is 78.1 Å². The number of ether oxygens (including phenoxy) is 3. The molecule has 0 aliphatic carbocycles. The zero-order valence-electron chi connectivity index (χ0n) is 21.4. The van der Waals surface area contributed by atoms with Gasteiger partial charge in [0.1, 0.15) is 11.8 Å². The summed E-state index contributed by atoms with van der Waals surface area (Å²) < 4.78 is 17.3. The molecule has 0 aliphatic rings. The van der Waals surface area contributed by atoms with Crippen molar-refractivity contribution in [2.24, 2.45) is 16.8 Å². The summed E-state index contributed by atoms with van der Waals surface area (Å²) in [5.74, 6) is 0.124. The number of nitrogens with one attached hydrogen (secondary N) is 2. The van der Waals surface area contributed by atoms with E-state index in [0.29, 0.717) is 39.4 Å². The predicted octanol–water partition coefficient (Wildman–Crippen LogP) is 2.92. The maximum atomic E-state index is 12.8. The van der Waals surface area contributed by atoms with Gasteiger partial charge >= 0.3 is 0 Å². The number of rotatable bonds is 14. The second-order valence-corrected chi connectivity index (χ2v) is 9.72. The van der Waals surface area contributed by atoms with Crippen LogP contribution in [0.3, 0.4) is 0 Å². The van der Waals surface area contributed by atoms with Crippen LogP contribution < -0.4 is 30.7 Å². The Morgan fingerprint density at radius 1 is 1.08 bits per heavy atom. The Labute approximate surface area is 230 Å². The van der Waals surface area contributed by atoms with E-state index in [9.17, 15) is 14.4 Å². The van der Waals surface area contributed by atoms with Crippen LogP contribution in [0.1, 0.15) is 38.3 Å². The number of primary amides is 1. The number of halogens is 1. The van der Waals surface area contributed by atoms with Crippen LogP contribution in [0, 0.1) is 16.4 Å². The van der Waals surface area contributed by atoms with Gasteiger partial charge in [0.05, 0.1) is 16.4 Å². The normalized spacial score (nSPS) is 11.7. The molecule has 0 radical (unpaired) electrons. The molecule has 0 spiro atoms. The number of hydrogen-bond donors (Lipinski definition) is 3. The molecule has 4 N–H and O–H groups in total. The van der Waals surface area contributed by atoms with Gasteiger partial charge in [-0.15, -0.1) is 0 Å². The van der Waals surface area contributed by atoms with E-state index in [4.69, 9.17) is 19.9 Å². The van der Waals surface area contributed by atoms with Gasteiger partial charge in [0.15, 0.2) is 24.7 Å². The molecule has 1 atom stereocenters. The molecule has 0 bridgehead atoms. The molecule has 0 fully saturated rings. The maximum Gasteiger partial charge on any atom is 0.262 e. The number of nitrogens with two attached hydrogens (primary N) is 1. The minimum absolute atomic E-state index is 0.153. The summed E-state index contributed by atoms with van der Waals surface area (Å²) in [6.07, 6.45) is 1.88. The van der Waals surface area contributed by atoms with E-state index in [1.807, 2.05) is 68.5 Å². The first kappa shape index (κ1) is 29.9. The molecule has 2 aromatic rings. The molecule has 2 aromatic carbocycles. The monoisotopic (exact) mass is 624 g/mol. The predicted molar refractivity (Wildman–Crippen MR) is 149 cm³/mol. The fraction of sp³-hybridized carbons (Fsp3) is 0.385. The third-order valence-electron chi connectivity index (χ3n) is 4.89. The number of benzene rings is 2. The Balaban J connectivity index is 2.04. The zero-order chi connectivity index (χ0) is 27.4. The van der Waals surface area contributed by atoms with Gasteiger partial charge in [-0.2, -0.15) is 5.10 Å². The van der Waals surface area contributed by atoms with Crippen molar-refractivity contribution in [2.75, 3.05) is 19.8 Å². The summed E-state index contributed by atoms with van der Waals surface area (Å²) in [5.41, 5.74) is 9.21. The summed E-state index contributed by atoms with van der Waals surface area (Å²) in [4.78, 5) is 36.4. The number of carbonyl (C=O) groups excluding carboxylic acids is 3. The number of amides is 3. The number of carbonyl (C=O) groups is 3. The van der Waals surface area contributed by atoms with Crippen molar-refractivity contribution < 1.29 is 28.6 Å². The van der Waals surface area contributed by atoms with E-state index in [1.165, 1.54) is 6.21 Å². The first-order valence-corrected chi connectivity index (χ1v) is 12.9. The minimum Gasteiger partial charge on any atom is -0.490 e. The van der Waals surface area contributed by atoms with Gasteiger partial charge in [0.25, 0.3) is 17.7 Å². The van der Waals surface area contributed by atoms with Gasteiger partial charge < -0.3 is 25.3 Å². The van der Waals surface area contributed by atoms with Crippen LogP contribution >= 0.6 is 22.6 Å². The van der Waals surface area contributed by atoms with Crippen LogP contribution in [0.4, 0.5) is 0 Å². The van der Waals surface area contributed by atoms with Crippen LogP contribution in [0.15, 0.2) is 41.5 Å². The maximum absolute atomic E-state index is 12.8. The fourth-order valence-electron chi connectivity index (χ4n) is 3.26. The van der Waals surface area contributed by atoms with Gasteiger partial charge in [-0.25, -0.2) is 5.43 Å². The zero-order valence-corrected chi connectivity index (χ0v) is 23.5. The van der Waals surface area contributed by atoms with Crippen molar-refractivity contribution in [2.45, 2.75) is 40.2 Å². The summed E-state index contributed by atoms with van der Waals surface area (Å²) in [6, 6.07) is 10.0. The van der Waals surface area contributed by atoms with E-state index in [0.717, 1.165) is 5.56 Å². The van der Waals surface area contributed by atoms with Crippen molar-refractivity contribution in [3.8, 4) is 17.2 Å². The number of aryl methyl sites for hydroxylation is 1. The Morgan fingerprint density at radius 3 is 2.46 bits per heavy atom. The molecule has 200 valence electrons. The second-order valence-electron chi connectivity index (χ2n) is 8.56. The highest BCUT2D eigenvalue weighted by Gasteiger charge is 2.22. The first-order valence-electron chi connectivity index (χ1n) is 11.8. The first-order chi connectivity index (χ1) is 17.6. The van der Waals surface area contributed by atoms with Crippen molar-refractivity contribution in [1.82, 2.24) is 10.7 Å². The molecular formula is C26H33IN4O6. The molecule has 0 unspecified atom stereocenters. The SMILES string of the molecule is CCOc1cc(/C=N\NC(=O)[C@@H](CC(C)C)NC(=O)COc2ccccc2C)cc(I)c1OCC(N)=O. The molecule has 11 heteroatoms. The van der Waals surface area contributed by atoms with Crippen LogP contribution in [-0.4, -0.2) is 49.8 Å². The number of para-hydroxylation sites is 1. The Bertz CT molecular complexity index is 1120. The van der Waals surface area contributed by atoms with Crippen molar-refractivity contribution in [1.29, 1.82) is 0 Å². The summed E-state index contributed by atoms with van der Waals surface area (Å²) in [6.45, 7) is 7.51. The standard InChI is InChI=1S/C26H33IN4O6/c1-5-35-22-12-18(11-19(27)25(22)37-14-23(28)32)13-29-31-26(34)20(10-16(2)3)30-24(33)15-36-21-9-7-6-8-17(21)4/h6-9,11-13,16,20H,5,10,14-15H2,1-4H3,(H2,28,32)(H,30,33)(H,31,34)/b29-13-/t20-/m1/s1. The highest BCUT2D eigenvalue weighted by atomic mass is 127. The van der Waals surface area contributed by atoms with E-state index >= 15 is 0 Å². The lowest BCUT2D eigenvalue weighted by molar-refractivity contribution is -0.130. The molecule has 0 aromatic heterocycles. The molecule has 2 rings (SSSR count). The van der Waals surface area contributed by atoms with Crippen molar-refractivity contribution in [3.63, 3.8) is 0 Å². The van der Waals surface area contributed by atoms with Crippen LogP contribution in [0.25, 0.3) is 0 Å². The number of hydrogen-bond acceptors (Lipinski definition) is 7. The highest BCUT2D eigenvalue weighted by Crippen LogP contribution is 2.33. The average Bonchev–Trinajstić information content (AvgIpc) is 2.82. The lowest BCUT2D eigenvalue weighted by Gasteiger charge is -2.19. The Morgan fingerprint density at radius 2 is 1.81 bits per heavy atom. The van der Waals surface area contributed by atoms with E-state index < -0.39 is 23.8 Å². The van der Waals surface area contributed by atoms with Crippen LogP contribution in [0.2, 0.25) is 0 Å². The number of hydrazone groups is 1. The molecule has 0 heterocycles. The molecule has 0 aliphatic heterocycles. The van der Waals surface area contributed by atoms with Gasteiger partial charge in [-0.3, -0.25) is 14.4 Å². The molecule has 37 heavy (non-hydrogen) atoms.